The van der Waals surface area contributed by atoms with Gasteiger partial charge in [-0.15, -0.1) is 0 Å². The maximum atomic E-state index is 12.2. The summed E-state index contributed by atoms with van der Waals surface area (Å²) in [5.74, 6) is -0.222. The molecule has 2 amide bonds. The summed E-state index contributed by atoms with van der Waals surface area (Å²) >= 11 is 0. The fourth-order valence-electron chi connectivity index (χ4n) is 2.24. The minimum Gasteiger partial charge on any atom is -0.305 e. The molecular weight excluding hydrogens is 252 g/mol. The Labute approximate surface area is 119 Å². The second kappa shape index (κ2) is 5.33. The minimum atomic E-state index is -0.111. The number of fused-ring (bicyclic) bond motifs is 1. The smallest absolute Gasteiger partial charge is 0.253 e. The van der Waals surface area contributed by atoms with Crippen LogP contribution in [0.15, 0.2) is 48.6 Å². The number of hydrogen-bond acceptors (Lipinski definition) is 2. The summed E-state index contributed by atoms with van der Waals surface area (Å²) in [6.07, 6.45) is 0. The van der Waals surface area contributed by atoms with Gasteiger partial charge in [0.05, 0.1) is 11.4 Å². The zero-order valence-electron chi connectivity index (χ0n) is 11.8. The molecule has 1 aliphatic rings. The number of amides is 2. The van der Waals surface area contributed by atoms with E-state index in [1.165, 1.54) is 0 Å². The molecule has 0 aromatic heterocycles. The summed E-state index contributed by atoms with van der Waals surface area (Å²) in [7, 11) is 0. The van der Waals surface area contributed by atoms with Gasteiger partial charge in [-0.1, -0.05) is 25.3 Å². The summed E-state index contributed by atoms with van der Waals surface area (Å²) in [4.78, 5) is 27.7. The third-order valence-electron chi connectivity index (χ3n) is 3.23. The van der Waals surface area contributed by atoms with Crippen LogP contribution in [0.4, 0.5) is 11.4 Å². The standard InChI is InChI=1S/C16H18N2O2/c1-11(2)15(19)17-9-10-18(16(20)12(3)4)14-8-6-5-7-13(14)17/h5-8H,1,3,9-10H2,2,4H3. The third-order valence-corrected chi connectivity index (χ3v) is 3.23. The molecule has 2 rings (SSSR count). The van der Waals surface area contributed by atoms with Gasteiger partial charge in [-0.2, -0.15) is 0 Å². The van der Waals surface area contributed by atoms with E-state index in [1.807, 2.05) is 24.3 Å². The Hall–Kier alpha value is -2.36. The van der Waals surface area contributed by atoms with Crippen molar-refractivity contribution in [2.75, 3.05) is 22.9 Å². The van der Waals surface area contributed by atoms with Crippen molar-refractivity contribution in [3.05, 3.63) is 48.6 Å². The number of rotatable bonds is 2. The molecule has 1 aliphatic heterocycles. The van der Waals surface area contributed by atoms with E-state index in [0.717, 1.165) is 11.4 Å². The number of benzene rings is 1. The Morgan fingerprint density at radius 3 is 1.55 bits per heavy atom. The summed E-state index contributed by atoms with van der Waals surface area (Å²) < 4.78 is 0. The molecule has 0 radical (unpaired) electrons. The van der Waals surface area contributed by atoms with Gasteiger partial charge < -0.3 is 9.80 Å². The molecule has 0 saturated heterocycles. The first kappa shape index (κ1) is 14.1. The Bertz CT molecular complexity index is 551. The number of carbonyl (C=O) groups excluding carboxylic acids is 2. The molecule has 1 aromatic rings. The molecule has 0 aliphatic carbocycles. The molecule has 0 atom stereocenters. The van der Waals surface area contributed by atoms with E-state index in [4.69, 9.17) is 0 Å². The molecule has 1 heterocycles. The number of anilines is 2. The lowest BCUT2D eigenvalue weighted by atomic mass is 10.1. The van der Waals surface area contributed by atoms with E-state index in [2.05, 4.69) is 13.2 Å². The SMILES string of the molecule is C=C(C)C(=O)N1CCN(C(=O)C(=C)C)c2ccccc21. The van der Waals surface area contributed by atoms with E-state index in [1.54, 1.807) is 23.6 Å². The fourth-order valence-corrected chi connectivity index (χ4v) is 2.24. The van der Waals surface area contributed by atoms with E-state index in [0.29, 0.717) is 24.2 Å². The molecule has 0 spiro atoms. The first-order chi connectivity index (χ1) is 9.43. The summed E-state index contributed by atoms with van der Waals surface area (Å²) in [5.41, 5.74) is 2.45. The predicted octanol–water partition coefficient (Wildman–Crippen LogP) is 2.52. The highest BCUT2D eigenvalue weighted by Gasteiger charge is 2.29. The van der Waals surface area contributed by atoms with Crippen molar-refractivity contribution in [2.45, 2.75) is 13.8 Å². The molecule has 0 saturated carbocycles. The van der Waals surface area contributed by atoms with Crippen molar-refractivity contribution in [3.63, 3.8) is 0 Å². The zero-order chi connectivity index (χ0) is 14.9. The van der Waals surface area contributed by atoms with Crippen molar-refractivity contribution in [1.29, 1.82) is 0 Å². The summed E-state index contributed by atoms with van der Waals surface area (Å²) in [5, 5.41) is 0. The molecule has 0 N–H and O–H groups in total. The number of carbonyl (C=O) groups is 2. The highest BCUT2D eigenvalue weighted by molar-refractivity contribution is 6.12. The monoisotopic (exact) mass is 270 g/mol. The average Bonchev–Trinajstić information content (AvgIpc) is 2.44. The van der Waals surface area contributed by atoms with Gasteiger partial charge in [0, 0.05) is 24.2 Å². The Morgan fingerprint density at radius 2 is 1.25 bits per heavy atom. The lowest BCUT2D eigenvalue weighted by molar-refractivity contribution is -0.116. The number of hydrogen-bond donors (Lipinski definition) is 0. The van der Waals surface area contributed by atoms with E-state index in [9.17, 15) is 9.59 Å². The number of nitrogens with zero attached hydrogens (tertiary/aromatic N) is 2. The molecule has 0 fully saturated rings. The van der Waals surface area contributed by atoms with Gasteiger partial charge in [-0.25, -0.2) is 0 Å². The van der Waals surface area contributed by atoms with Crippen LogP contribution >= 0.6 is 0 Å². The van der Waals surface area contributed by atoms with E-state index < -0.39 is 0 Å². The zero-order valence-corrected chi connectivity index (χ0v) is 11.8. The highest BCUT2D eigenvalue weighted by atomic mass is 16.2. The van der Waals surface area contributed by atoms with Crippen molar-refractivity contribution in [3.8, 4) is 0 Å². The first-order valence-electron chi connectivity index (χ1n) is 6.47. The van der Waals surface area contributed by atoms with Crippen LogP contribution in [-0.4, -0.2) is 24.9 Å². The fraction of sp³-hybridized carbons (Fsp3) is 0.250. The molecular formula is C16H18N2O2. The lowest BCUT2D eigenvalue weighted by Crippen LogP contribution is -2.46. The van der Waals surface area contributed by atoms with Gasteiger partial charge in [-0.05, 0) is 26.0 Å². The second-order valence-corrected chi connectivity index (χ2v) is 4.96. The van der Waals surface area contributed by atoms with Crippen LogP contribution in [0, 0.1) is 0 Å². The second-order valence-electron chi connectivity index (χ2n) is 4.96. The lowest BCUT2D eigenvalue weighted by Gasteiger charge is -2.36. The molecule has 1 aromatic carbocycles. The Balaban J connectivity index is 2.45. The summed E-state index contributed by atoms with van der Waals surface area (Å²) in [6.45, 7) is 11.7. The van der Waals surface area contributed by atoms with Gasteiger partial charge in [0.15, 0.2) is 0 Å². The molecule has 4 heteroatoms. The normalized spacial score (nSPS) is 13.7. The van der Waals surface area contributed by atoms with Crippen molar-refractivity contribution < 1.29 is 9.59 Å². The number of para-hydroxylation sites is 2. The first-order valence-corrected chi connectivity index (χ1v) is 6.47. The van der Waals surface area contributed by atoms with E-state index >= 15 is 0 Å². The Morgan fingerprint density at radius 1 is 0.900 bits per heavy atom. The van der Waals surface area contributed by atoms with Gasteiger partial charge in [-0.3, -0.25) is 9.59 Å². The largest absolute Gasteiger partial charge is 0.305 e. The van der Waals surface area contributed by atoms with Crippen LogP contribution in [0.3, 0.4) is 0 Å². The van der Waals surface area contributed by atoms with Crippen LogP contribution in [0.5, 0.6) is 0 Å². The van der Waals surface area contributed by atoms with Crippen LogP contribution in [0.2, 0.25) is 0 Å². The minimum absolute atomic E-state index is 0.111. The molecule has 104 valence electrons. The van der Waals surface area contributed by atoms with Crippen LogP contribution in [0.25, 0.3) is 0 Å². The molecule has 20 heavy (non-hydrogen) atoms. The molecule has 4 nitrogen and oxygen atoms in total. The maximum Gasteiger partial charge on any atom is 0.253 e. The quantitative estimate of drug-likeness (QED) is 0.775. The third kappa shape index (κ3) is 2.37. The molecule has 0 bridgehead atoms. The topological polar surface area (TPSA) is 40.6 Å². The van der Waals surface area contributed by atoms with Crippen LogP contribution in [0.1, 0.15) is 13.8 Å². The van der Waals surface area contributed by atoms with Crippen LogP contribution < -0.4 is 9.80 Å². The van der Waals surface area contributed by atoms with Gasteiger partial charge in [0.2, 0.25) is 0 Å². The van der Waals surface area contributed by atoms with Gasteiger partial charge >= 0.3 is 0 Å². The van der Waals surface area contributed by atoms with Gasteiger partial charge in [0.25, 0.3) is 11.8 Å². The van der Waals surface area contributed by atoms with Crippen molar-refractivity contribution in [1.82, 2.24) is 0 Å². The molecule has 0 unspecified atom stereocenters. The highest BCUT2D eigenvalue weighted by Crippen LogP contribution is 2.34. The summed E-state index contributed by atoms with van der Waals surface area (Å²) in [6, 6.07) is 7.39. The van der Waals surface area contributed by atoms with Crippen molar-refractivity contribution >= 4 is 23.2 Å². The van der Waals surface area contributed by atoms with Crippen LogP contribution in [-0.2, 0) is 9.59 Å². The predicted molar refractivity (Wildman–Crippen MR) is 80.8 cm³/mol. The Kier molecular flexibility index (Phi) is 3.74. The maximum absolute atomic E-state index is 12.2. The van der Waals surface area contributed by atoms with E-state index in [-0.39, 0.29) is 11.8 Å². The van der Waals surface area contributed by atoms with Gasteiger partial charge in [0.1, 0.15) is 0 Å². The average molecular weight is 270 g/mol. The van der Waals surface area contributed by atoms with Crippen molar-refractivity contribution in [2.24, 2.45) is 0 Å².